The molecule has 0 heterocycles. The van der Waals surface area contributed by atoms with E-state index in [0.29, 0.717) is 11.5 Å². The van der Waals surface area contributed by atoms with Crippen molar-refractivity contribution >= 4 is 12.6 Å². The lowest BCUT2D eigenvalue weighted by molar-refractivity contribution is -0.0333. The van der Waals surface area contributed by atoms with E-state index in [0.717, 1.165) is 18.3 Å². The number of ether oxygens (including phenoxy) is 1. The Hall–Kier alpha value is 0.310. The first-order valence-corrected chi connectivity index (χ1v) is 9.14. The van der Waals surface area contributed by atoms with E-state index in [9.17, 15) is 0 Å². The zero-order valence-electron chi connectivity index (χ0n) is 12.7. The second-order valence-electron chi connectivity index (χ2n) is 6.95. The highest BCUT2D eigenvalue weighted by Crippen LogP contribution is 2.38. The summed E-state index contributed by atoms with van der Waals surface area (Å²) in [6.45, 7) is 3.30. The van der Waals surface area contributed by atoms with Gasteiger partial charge in [0.05, 0.1) is 12.7 Å². The van der Waals surface area contributed by atoms with Gasteiger partial charge in [0, 0.05) is 5.41 Å². The van der Waals surface area contributed by atoms with Crippen LogP contribution in [0.1, 0.15) is 77.6 Å². The van der Waals surface area contributed by atoms with Gasteiger partial charge >= 0.3 is 0 Å². The summed E-state index contributed by atoms with van der Waals surface area (Å²) in [4.78, 5) is 0. The van der Waals surface area contributed by atoms with Crippen LogP contribution in [0.5, 0.6) is 0 Å². The highest BCUT2D eigenvalue weighted by Gasteiger charge is 2.31. The minimum atomic E-state index is 0.388. The molecule has 2 aliphatic carbocycles. The number of rotatable bonds is 5. The van der Waals surface area contributed by atoms with Crippen LogP contribution < -0.4 is 0 Å². The van der Waals surface area contributed by atoms with Gasteiger partial charge in [-0.1, -0.05) is 51.9 Å². The molecule has 2 fully saturated rings. The third-order valence-electron chi connectivity index (χ3n) is 5.44. The van der Waals surface area contributed by atoms with Gasteiger partial charge in [-0.2, -0.15) is 12.6 Å². The first-order valence-electron chi connectivity index (χ1n) is 8.50. The molecule has 1 nitrogen and oxygen atoms in total. The number of hydrogen-bond acceptors (Lipinski definition) is 2. The Morgan fingerprint density at radius 3 is 2.42 bits per heavy atom. The Bertz CT molecular complexity index is 246. The van der Waals surface area contributed by atoms with Crippen molar-refractivity contribution in [2.75, 3.05) is 12.4 Å². The van der Waals surface area contributed by atoms with Crippen LogP contribution in [0.3, 0.4) is 0 Å². The predicted molar refractivity (Wildman–Crippen MR) is 86.0 cm³/mol. The van der Waals surface area contributed by atoms with Crippen molar-refractivity contribution in [1.29, 1.82) is 0 Å². The Balaban J connectivity index is 1.81. The zero-order valence-corrected chi connectivity index (χ0v) is 13.6. The molecule has 2 aliphatic rings. The maximum absolute atomic E-state index is 6.36. The molecule has 0 amide bonds. The molecule has 0 aromatic heterocycles. The Morgan fingerprint density at radius 2 is 1.79 bits per heavy atom. The van der Waals surface area contributed by atoms with Crippen molar-refractivity contribution in [3.8, 4) is 0 Å². The molecular weight excluding hydrogens is 252 g/mol. The van der Waals surface area contributed by atoms with Crippen molar-refractivity contribution in [3.63, 3.8) is 0 Å². The molecular formula is C17H32OS. The number of thiol groups is 1. The van der Waals surface area contributed by atoms with E-state index in [1.165, 1.54) is 70.6 Å². The Labute approximate surface area is 125 Å². The van der Waals surface area contributed by atoms with Gasteiger partial charge in [-0.25, -0.2) is 0 Å². The molecule has 2 heteroatoms. The van der Waals surface area contributed by atoms with Crippen LogP contribution in [0.15, 0.2) is 0 Å². The summed E-state index contributed by atoms with van der Waals surface area (Å²) in [5.41, 5.74) is 0.388. The number of hydrogen-bond donors (Lipinski definition) is 1. The Kier molecular flexibility index (Phi) is 6.55. The molecule has 0 bridgehead atoms. The van der Waals surface area contributed by atoms with E-state index in [1.807, 2.05) is 0 Å². The lowest BCUT2D eigenvalue weighted by Gasteiger charge is -2.35. The third-order valence-corrected chi connectivity index (χ3v) is 6.11. The van der Waals surface area contributed by atoms with Gasteiger partial charge in [0.25, 0.3) is 0 Å². The first kappa shape index (κ1) is 15.7. The van der Waals surface area contributed by atoms with Gasteiger partial charge in [-0.15, -0.1) is 0 Å². The summed E-state index contributed by atoms with van der Waals surface area (Å²) in [6.07, 6.45) is 15.5. The van der Waals surface area contributed by atoms with Crippen molar-refractivity contribution < 1.29 is 4.74 Å². The van der Waals surface area contributed by atoms with E-state index in [1.54, 1.807) is 0 Å². The first-order chi connectivity index (χ1) is 9.28. The molecule has 2 saturated carbocycles. The summed E-state index contributed by atoms with van der Waals surface area (Å²) in [5, 5.41) is 0. The van der Waals surface area contributed by atoms with E-state index in [-0.39, 0.29) is 0 Å². The summed E-state index contributed by atoms with van der Waals surface area (Å²) >= 11 is 4.65. The highest BCUT2D eigenvalue weighted by atomic mass is 32.1. The third kappa shape index (κ3) is 4.67. The van der Waals surface area contributed by atoms with Gasteiger partial charge in [-0.05, 0) is 37.4 Å². The topological polar surface area (TPSA) is 9.23 Å². The molecule has 2 unspecified atom stereocenters. The maximum Gasteiger partial charge on any atom is 0.0578 e. The van der Waals surface area contributed by atoms with Crippen molar-refractivity contribution in [3.05, 3.63) is 0 Å². The van der Waals surface area contributed by atoms with E-state index in [2.05, 4.69) is 19.6 Å². The largest absolute Gasteiger partial charge is 0.378 e. The van der Waals surface area contributed by atoms with Gasteiger partial charge in [-0.3, -0.25) is 0 Å². The van der Waals surface area contributed by atoms with E-state index in [4.69, 9.17) is 4.74 Å². The van der Waals surface area contributed by atoms with Crippen LogP contribution in [-0.2, 0) is 4.74 Å². The smallest absolute Gasteiger partial charge is 0.0578 e. The van der Waals surface area contributed by atoms with Crippen LogP contribution in [0.2, 0.25) is 0 Å². The zero-order chi connectivity index (χ0) is 13.6. The second kappa shape index (κ2) is 7.93. The standard InChI is InChI=1S/C17H32OS/c1-2-15-8-7-9-16(12-15)18-13-17(14-19)10-5-3-4-6-11-17/h15-16,19H,2-14H2,1H3. The average Bonchev–Trinajstić information content (AvgIpc) is 2.71. The second-order valence-corrected chi connectivity index (χ2v) is 7.26. The monoisotopic (exact) mass is 284 g/mol. The summed E-state index contributed by atoms with van der Waals surface area (Å²) in [5.74, 6) is 1.93. The highest BCUT2D eigenvalue weighted by molar-refractivity contribution is 7.80. The predicted octanol–water partition coefficient (Wildman–Crippen LogP) is 5.24. The fourth-order valence-corrected chi connectivity index (χ4v) is 4.29. The molecule has 19 heavy (non-hydrogen) atoms. The van der Waals surface area contributed by atoms with Crippen molar-refractivity contribution in [2.45, 2.75) is 83.7 Å². The van der Waals surface area contributed by atoms with Crippen LogP contribution in [0.25, 0.3) is 0 Å². The van der Waals surface area contributed by atoms with Crippen molar-refractivity contribution in [2.24, 2.45) is 11.3 Å². The quantitative estimate of drug-likeness (QED) is 0.536. The van der Waals surface area contributed by atoms with E-state index < -0.39 is 0 Å². The van der Waals surface area contributed by atoms with Gasteiger partial charge in [0.2, 0.25) is 0 Å². The van der Waals surface area contributed by atoms with Crippen LogP contribution >= 0.6 is 12.6 Å². The van der Waals surface area contributed by atoms with Crippen LogP contribution in [-0.4, -0.2) is 18.5 Å². The molecule has 0 aromatic carbocycles. The fraction of sp³-hybridized carbons (Fsp3) is 1.00. The maximum atomic E-state index is 6.36. The molecule has 0 aliphatic heterocycles. The average molecular weight is 285 g/mol. The van der Waals surface area contributed by atoms with Crippen LogP contribution in [0, 0.1) is 11.3 Å². The van der Waals surface area contributed by atoms with Gasteiger partial charge in [0.15, 0.2) is 0 Å². The minimum Gasteiger partial charge on any atom is -0.378 e. The minimum absolute atomic E-state index is 0.388. The van der Waals surface area contributed by atoms with Gasteiger partial charge < -0.3 is 4.74 Å². The molecule has 0 aromatic rings. The summed E-state index contributed by atoms with van der Waals surface area (Å²) in [6, 6.07) is 0. The summed E-state index contributed by atoms with van der Waals surface area (Å²) < 4.78 is 6.36. The summed E-state index contributed by atoms with van der Waals surface area (Å²) in [7, 11) is 0. The molecule has 112 valence electrons. The lowest BCUT2D eigenvalue weighted by atomic mass is 9.82. The van der Waals surface area contributed by atoms with E-state index >= 15 is 0 Å². The molecule has 0 radical (unpaired) electrons. The van der Waals surface area contributed by atoms with Crippen molar-refractivity contribution in [1.82, 2.24) is 0 Å². The van der Waals surface area contributed by atoms with Gasteiger partial charge in [0.1, 0.15) is 0 Å². The molecule has 2 rings (SSSR count). The normalized spacial score (nSPS) is 31.9. The fourth-order valence-electron chi connectivity index (χ4n) is 3.89. The molecule has 0 spiro atoms. The molecule has 2 atom stereocenters. The lowest BCUT2D eigenvalue weighted by Crippen LogP contribution is -2.33. The molecule has 0 saturated heterocycles. The molecule has 0 N–H and O–H groups in total. The van der Waals surface area contributed by atoms with Crippen LogP contribution in [0.4, 0.5) is 0 Å². The Morgan fingerprint density at radius 1 is 1.05 bits per heavy atom. The SMILES string of the molecule is CCC1CCCC(OCC2(CS)CCCCCC2)C1.